The van der Waals surface area contributed by atoms with Gasteiger partial charge in [0.25, 0.3) is 0 Å². The molecule has 0 aromatic carbocycles. The smallest absolute Gasteiger partial charge is 0.243 e. The molecule has 1 saturated heterocycles. The molecule has 0 saturated carbocycles. The maximum atomic E-state index is 11.2. The predicted molar refractivity (Wildman–Crippen MR) is 44.8 cm³/mol. The maximum Gasteiger partial charge on any atom is 0.243 e. The zero-order valence-corrected chi connectivity index (χ0v) is 7.45. The number of imide groups is 1. The summed E-state index contributed by atoms with van der Waals surface area (Å²) in [5.74, 6) is -0.805. The third-order valence-electron chi connectivity index (χ3n) is 1.86. The average Bonchev–Trinajstić information content (AvgIpc) is 2.11. The highest BCUT2D eigenvalue weighted by atomic mass is 16.2. The van der Waals surface area contributed by atoms with Crippen LogP contribution < -0.4 is 5.32 Å². The lowest BCUT2D eigenvalue weighted by Gasteiger charge is -2.26. The van der Waals surface area contributed by atoms with Gasteiger partial charge < -0.3 is 4.79 Å². The van der Waals surface area contributed by atoms with Gasteiger partial charge in [-0.05, 0) is 0 Å². The first kappa shape index (κ1) is 9.85. The molecule has 0 aromatic rings. The van der Waals surface area contributed by atoms with Crippen LogP contribution in [0.25, 0.3) is 0 Å². The van der Waals surface area contributed by atoms with Gasteiger partial charge in [-0.1, -0.05) is 6.92 Å². The highest BCUT2D eigenvalue weighted by Gasteiger charge is 2.26. The summed E-state index contributed by atoms with van der Waals surface area (Å²) >= 11 is 0. The van der Waals surface area contributed by atoms with Crippen LogP contribution in [0.1, 0.15) is 6.92 Å². The lowest BCUT2D eigenvalue weighted by molar-refractivity contribution is -0.147. The number of nitrogens with zero attached hydrogens (tertiary/aromatic N) is 1. The van der Waals surface area contributed by atoms with E-state index in [0.717, 1.165) is 11.2 Å². The average molecular weight is 184 g/mol. The van der Waals surface area contributed by atoms with Gasteiger partial charge in [0.15, 0.2) is 0 Å². The Morgan fingerprint density at radius 1 is 1.46 bits per heavy atom. The number of nitrogens with one attached hydrogen (secondary N) is 1. The normalized spacial score (nSPS) is 20.2. The number of hydrogen-bond acceptors (Lipinski definition) is 4. The van der Waals surface area contributed by atoms with Gasteiger partial charge in [0.1, 0.15) is 6.29 Å². The third-order valence-corrected chi connectivity index (χ3v) is 1.86. The minimum Gasteiger partial charge on any atom is -0.303 e. The lowest BCUT2D eigenvalue weighted by atomic mass is 10.2. The van der Waals surface area contributed by atoms with Crippen LogP contribution in [-0.4, -0.2) is 42.6 Å². The molecule has 1 fully saturated rings. The van der Waals surface area contributed by atoms with Crippen molar-refractivity contribution in [3.8, 4) is 0 Å². The van der Waals surface area contributed by atoms with Crippen molar-refractivity contribution in [2.75, 3.05) is 19.6 Å². The van der Waals surface area contributed by atoms with Crippen LogP contribution in [0.5, 0.6) is 0 Å². The molecule has 0 bridgehead atoms. The Morgan fingerprint density at radius 3 is 2.46 bits per heavy atom. The molecule has 5 nitrogen and oxygen atoms in total. The Kier molecular flexibility index (Phi) is 3.13. The van der Waals surface area contributed by atoms with E-state index in [1.54, 1.807) is 6.92 Å². The number of carbonyl (C=O) groups is 3. The minimum atomic E-state index is -0.286. The number of hydrogen-bond donors (Lipinski definition) is 1. The van der Waals surface area contributed by atoms with Gasteiger partial charge in [-0.2, -0.15) is 0 Å². The molecule has 1 N–H and O–H groups in total. The fraction of sp³-hybridized carbons (Fsp3) is 0.625. The predicted octanol–water partition coefficient (Wildman–Crippen LogP) is -1.22. The second-order valence-corrected chi connectivity index (χ2v) is 3.12. The Balaban J connectivity index is 2.58. The molecule has 0 aromatic heterocycles. The fourth-order valence-electron chi connectivity index (χ4n) is 1.14. The Labute approximate surface area is 76.1 Å². The molecular formula is C8H12N2O3. The van der Waals surface area contributed by atoms with Crippen molar-refractivity contribution in [1.82, 2.24) is 10.2 Å². The zero-order chi connectivity index (χ0) is 9.84. The van der Waals surface area contributed by atoms with Crippen LogP contribution in [-0.2, 0) is 14.4 Å². The largest absolute Gasteiger partial charge is 0.303 e. The molecule has 0 radical (unpaired) electrons. The Bertz CT molecular complexity index is 224. The summed E-state index contributed by atoms with van der Waals surface area (Å²) in [5, 5.41) is 2.68. The molecule has 2 amide bonds. The third kappa shape index (κ3) is 2.35. The number of aldehydes is 1. The molecule has 1 aliphatic heterocycles. The van der Waals surface area contributed by atoms with Gasteiger partial charge in [-0.3, -0.25) is 19.8 Å². The van der Waals surface area contributed by atoms with Crippen LogP contribution in [0.4, 0.5) is 0 Å². The van der Waals surface area contributed by atoms with Gasteiger partial charge in [0.05, 0.1) is 13.1 Å². The second kappa shape index (κ2) is 4.13. The van der Waals surface area contributed by atoms with Crippen molar-refractivity contribution >= 4 is 18.1 Å². The van der Waals surface area contributed by atoms with Crippen LogP contribution >= 0.6 is 0 Å². The first-order chi connectivity index (χ1) is 6.15. The van der Waals surface area contributed by atoms with Gasteiger partial charge in [0.2, 0.25) is 11.8 Å². The van der Waals surface area contributed by atoms with E-state index in [1.807, 2.05) is 0 Å². The van der Waals surface area contributed by atoms with Crippen molar-refractivity contribution in [2.45, 2.75) is 6.92 Å². The number of amides is 2. The van der Waals surface area contributed by atoms with E-state index in [-0.39, 0.29) is 37.4 Å². The number of carbonyl (C=O) groups excluding carboxylic acids is 3. The van der Waals surface area contributed by atoms with E-state index in [0.29, 0.717) is 0 Å². The highest BCUT2D eigenvalue weighted by molar-refractivity contribution is 5.99. The Morgan fingerprint density at radius 2 is 2.00 bits per heavy atom. The summed E-state index contributed by atoms with van der Waals surface area (Å²) in [6, 6.07) is 0. The highest BCUT2D eigenvalue weighted by Crippen LogP contribution is 2.01. The first-order valence-electron chi connectivity index (χ1n) is 4.14. The van der Waals surface area contributed by atoms with Gasteiger partial charge in [-0.15, -0.1) is 0 Å². The molecule has 0 aliphatic carbocycles. The van der Waals surface area contributed by atoms with Crippen molar-refractivity contribution in [3.05, 3.63) is 0 Å². The van der Waals surface area contributed by atoms with Crippen molar-refractivity contribution in [2.24, 2.45) is 5.92 Å². The molecule has 0 spiro atoms. The van der Waals surface area contributed by atoms with Crippen LogP contribution in [0, 0.1) is 5.92 Å². The molecule has 1 rings (SSSR count). The second-order valence-electron chi connectivity index (χ2n) is 3.12. The van der Waals surface area contributed by atoms with E-state index in [4.69, 9.17) is 0 Å². The van der Waals surface area contributed by atoms with E-state index in [2.05, 4.69) is 5.32 Å². The molecule has 1 heterocycles. The summed E-state index contributed by atoms with van der Waals surface area (Å²) < 4.78 is 0. The van der Waals surface area contributed by atoms with E-state index in [9.17, 15) is 14.4 Å². The molecule has 1 aliphatic rings. The topological polar surface area (TPSA) is 66.5 Å². The lowest BCUT2D eigenvalue weighted by Crippen LogP contribution is -2.53. The molecular weight excluding hydrogens is 172 g/mol. The molecule has 1 atom stereocenters. The van der Waals surface area contributed by atoms with Gasteiger partial charge in [0, 0.05) is 12.5 Å². The van der Waals surface area contributed by atoms with Gasteiger partial charge in [-0.25, -0.2) is 0 Å². The zero-order valence-electron chi connectivity index (χ0n) is 7.45. The van der Waals surface area contributed by atoms with Crippen molar-refractivity contribution in [1.29, 1.82) is 0 Å². The van der Waals surface area contributed by atoms with E-state index < -0.39 is 0 Å². The summed E-state index contributed by atoms with van der Waals surface area (Å²) in [5.41, 5.74) is 0. The van der Waals surface area contributed by atoms with Crippen LogP contribution in [0.3, 0.4) is 0 Å². The van der Waals surface area contributed by atoms with Crippen molar-refractivity contribution in [3.63, 3.8) is 0 Å². The van der Waals surface area contributed by atoms with E-state index in [1.165, 1.54) is 0 Å². The maximum absolute atomic E-state index is 11.2. The minimum absolute atomic E-state index is 0.178. The van der Waals surface area contributed by atoms with Crippen LogP contribution in [0.2, 0.25) is 0 Å². The molecule has 1 unspecified atom stereocenters. The summed E-state index contributed by atoms with van der Waals surface area (Å²) in [7, 11) is 0. The fourth-order valence-corrected chi connectivity index (χ4v) is 1.14. The van der Waals surface area contributed by atoms with E-state index >= 15 is 0 Å². The summed E-state index contributed by atoms with van der Waals surface area (Å²) in [6.07, 6.45) is 0.739. The standard InChI is InChI=1S/C8H12N2O3/c1-6(5-11)4-10-7(12)2-9-3-8(10)13/h5-6,9H,2-4H2,1H3. The van der Waals surface area contributed by atoms with Crippen molar-refractivity contribution < 1.29 is 14.4 Å². The monoisotopic (exact) mass is 184 g/mol. The molecule has 72 valence electrons. The number of piperazine rings is 1. The molecule has 5 heteroatoms. The van der Waals surface area contributed by atoms with Crippen LogP contribution in [0.15, 0.2) is 0 Å². The summed E-state index contributed by atoms with van der Waals surface area (Å²) in [6.45, 7) is 2.23. The number of rotatable bonds is 3. The van der Waals surface area contributed by atoms with Gasteiger partial charge >= 0.3 is 0 Å². The first-order valence-corrected chi connectivity index (χ1v) is 4.14. The quantitative estimate of drug-likeness (QED) is 0.441. The summed E-state index contributed by atoms with van der Waals surface area (Å²) in [4.78, 5) is 33.8. The SMILES string of the molecule is CC(C=O)CN1C(=O)CNCC1=O. The Hall–Kier alpha value is -1.23. The molecule has 13 heavy (non-hydrogen) atoms.